The number of imidazole rings is 1. The summed E-state index contributed by atoms with van der Waals surface area (Å²) >= 11 is 0. The highest BCUT2D eigenvalue weighted by atomic mass is 19.1. The maximum Gasteiger partial charge on any atom is 0.124 e. The summed E-state index contributed by atoms with van der Waals surface area (Å²) in [4.78, 5) is 11.2. The molecular weight excluding hydrogens is 305 g/mol. The molecule has 1 aromatic carbocycles. The van der Waals surface area contributed by atoms with E-state index in [0.717, 1.165) is 41.1 Å². The summed E-state index contributed by atoms with van der Waals surface area (Å²) in [7, 11) is 1.96. The molecule has 0 spiro atoms. The second-order valence-electron chi connectivity index (χ2n) is 6.58. The molecule has 1 fully saturated rings. The first-order valence-electron chi connectivity index (χ1n) is 8.06. The molecule has 5 nitrogen and oxygen atoms in total. The molecule has 6 heteroatoms. The molecule has 124 valence electrons. The molecule has 0 radical (unpaired) electrons. The van der Waals surface area contributed by atoms with Gasteiger partial charge in [-0.2, -0.15) is 0 Å². The lowest BCUT2D eigenvalue weighted by Gasteiger charge is -2.21. The smallest absolute Gasteiger partial charge is 0.124 e. The van der Waals surface area contributed by atoms with Crippen LogP contribution in [0.3, 0.4) is 0 Å². The molecule has 2 aromatic heterocycles. The van der Waals surface area contributed by atoms with Crippen LogP contribution in [0, 0.1) is 12.7 Å². The van der Waals surface area contributed by atoms with Crippen molar-refractivity contribution in [2.45, 2.75) is 18.9 Å². The minimum Gasteiger partial charge on any atom is -0.369 e. The van der Waals surface area contributed by atoms with Gasteiger partial charge in [0.1, 0.15) is 5.82 Å². The molecule has 2 N–H and O–H groups in total. The lowest BCUT2D eigenvalue weighted by Crippen LogP contribution is -2.29. The Labute approximate surface area is 139 Å². The first-order chi connectivity index (χ1) is 11.5. The average Bonchev–Trinajstić information content (AvgIpc) is 3.12. The Kier molecular flexibility index (Phi) is 3.49. The Hall–Kier alpha value is -2.47. The fourth-order valence-corrected chi connectivity index (χ4v) is 3.53. The van der Waals surface area contributed by atoms with Crippen LogP contribution in [0.2, 0.25) is 0 Å². The van der Waals surface area contributed by atoms with E-state index in [0.29, 0.717) is 0 Å². The number of nitrogens with zero attached hydrogens (tertiary/aromatic N) is 4. The van der Waals surface area contributed by atoms with Crippen molar-refractivity contribution in [1.29, 1.82) is 0 Å². The van der Waals surface area contributed by atoms with E-state index >= 15 is 0 Å². The number of hydrogen-bond donors (Lipinski definition) is 1. The van der Waals surface area contributed by atoms with Crippen LogP contribution in [0.4, 0.5) is 10.1 Å². The fraction of sp³-hybridized carbons (Fsp3) is 0.333. The van der Waals surface area contributed by atoms with Crippen molar-refractivity contribution in [1.82, 2.24) is 14.5 Å². The molecule has 3 aromatic rings. The summed E-state index contributed by atoms with van der Waals surface area (Å²) < 4.78 is 15.7. The largest absolute Gasteiger partial charge is 0.369 e. The van der Waals surface area contributed by atoms with Gasteiger partial charge in [0.05, 0.1) is 17.5 Å². The Bertz CT molecular complexity index is 904. The minimum absolute atomic E-state index is 0.00280. The summed E-state index contributed by atoms with van der Waals surface area (Å²) in [5.74, 6) is -0.0811. The molecule has 1 saturated heterocycles. The highest BCUT2D eigenvalue weighted by Gasteiger charge is 2.33. The standard InChI is InChI=1S/C18H20FN5/c1-11-5-18(13-6-12(19)3-4-16(13)22-11)24-7-14(15(20)8-24)17-9-23(2)10-21-17/h3-6,9-10,14-15H,7-8,20H2,1-2H3/t14-,15-/m1/s1. The van der Waals surface area contributed by atoms with Crippen molar-refractivity contribution in [3.05, 3.63) is 54.0 Å². The number of anilines is 1. The predicted molar refractivity (Wildman–Crippen MR) is 92.6 cm³/mol. The number of aryl methyl sites for hydroxylation is 2. The zero-order chi connectivity index (χ0) is 16.8. The van der Waals surface area contributed by atoms with Crippen LogP contribution in [0.15, 0.2) is 36.8 Å². The second kappa shape index (κ2) is 5.56. The third kappa shape index (κ3) is 2.53. The van der Waals surface area contributed by atoms with Gasteiger partial charge in [0.25, 0.3) is 0 Å². The van der Waals surface area contributed by atoms with Gasteiger partial charge in [0.2, 0.25) is 0 Å². The number of hydrogen-bond acceptors (Lipinski definition) is 4. The Morgan fingerprint density at radius 3 is 2.83 bits per heavy atom. The maximum atomic E-state index is 13.7. The van der Waals surface area contributed by atoms with Gasteiger partial charge in [-0.1, -0.05) is 0 Å². The number of halogens is 1. The van der Waals surface area contributed by atoms with E-state index < -0.39 is 0 Å². The molecule has 2 atom stereocenters. The number of aromatic nitrogens is 3. The van der Waals surface area contributed by atoms with E-state index in [1.54, 1.807) is 18.5 Å². The van der Waals surface area contributed by atoms with Crippen molar-refractivity contribution in [2.75, 3.05) is 18.0 Å². The number of nitrogens with two attached hydrogens (primary N) is 1. The highest BCUT2D eigenvalue weighted by Crippen LogP contribution is 2.34. The molecule has 0 saturated carbocycles. The molecule has 3 heterocycles. The van der Waals surface area contributed by atoms with Crippen molar-refractivity contribution >= 4 is 16.6 Å². The van der Waals surface area contributed by atoms with Crippen LogP contribution in [-0.2, 0) is 7.05 Å². The number of fused-ring (bicyclic) bond motifs is 1. The Morgan fingerprint density at radius 1 is 1.25 bits per heavy atom. The first-order valence-corrected chi connectivity index (χ1v) is 8.06. The molecule has 4 rings (SSSR count). The average molecular weight is 325 g/mol. The van der Waals surface area contributed by atoms with E-state index in [9.17, 15) is 4.39 Å². The van der Waals surface area contributed by atoms with Gasteiger partial charge in [0, 0.05) is 55.1 Å². The fourth-order valence-electron chi connectivity index (χ4n) is 3.53. The highest BCUT2D eigenvalue weighted by molar-refractivity contribution is 5.92. The van der Waals surface area contributed by atoms with E-state index in [1.807, 2.05) is 30.8 Å². The molecular formula is C18H20FN5. The number of pyridine rings is 1. The quantitative estimate of drug-likeness (QED) is 0.786. The first kappa shape index (κ1) is 15.1. The molecule has 0 bridgehead atoms. The van der Waals surface area contributed by atoms with Gasteiger partial charge in [-0.05, 0) is 31.2 Å². The van der Waals surface area contributed by atoms with Crippen LogP contribution in [0.5, 0.6) is 0 Å². The maximum absolute atomic E-state index is 13.7. The topological polar surface area (TPSA) is 60.0 Å². The van der Waals surface area contributed by atoms with Gasteiger partial charge < -0.3 is 15.2 Å². The Balaban J connectivity index is 1.74. The third-order valence-corrected chi connectivity index (χ3v) is 4.69. The zero-order valence-corrected chi connectivity index (χ0v) is 13.8. The summed E-state index contributed by atoms with van der Waals surface area (Å²) in [6.45, 7) is 3.45. The predicted octanol–water partition coefficient (Wildman–Crippen LogP) is 2.35. The van der Waals surface area contributed by atoms with E-state index in [1.165, 1.54) is 6.07 Å². The number of benzene rings is 1. The van der Waals surface area contributed by atoms with Crippen LogP contribution in [0.1, 0.15) is 17.3 Å². The van der Waals surface area contributed by atoms with Crippen molar-refractivity contribution in [3.8, 4) is 0 Å². The normalized spacial score (nSPS) is 20.9. The van der Waals surface area contributed by atoms with Crippen LogP contribution in [0.25, 0.3) is 10.9 Å². The lowest BCUT2D eigenvalue weighted by molar-refractivity contribution is 0.629. The molecule has 0 aliphatic carbocycles. The van der Waals surface area contributed by atoms with Crippen LogP contribution < -0.4 is 10.6 Å². The van der Waals surface area contributed by atoms with Crippen LogP contribution >= 0.6 is 0 Å². The summed E-state index contributed by atoms with van der Waals surface area (Å²) in [6.07, 6.45) is 3.82. The van der Waals surface area contributed by atoms with Gasteiger partial charge >= 0.3 is 0 Å². The lowest BCUT2D eigenvalue weighted by atomic mass is 10.0. The van der Waals surface area contributed by atoms with E-state index in [4.69, 9.17) is 5.73 Å². The molecule has 0 amide bonds. The molecule has 1 aliphatic heterocycles. The van der Waals surface area contributed by atoms with Gasteiger partial charge in [-0.15, -0.1) is 0 Å². The van der Waals surface area contributed by atoms with Crippen molar-refractivity contribution < 1.29 is 4.39 Å². The molecule has 24 heavy (non-hydrogen) atoms. The van der Waals surface area contributed by atoms with E-state index in [2.05, 4.69) is 14.9 Å². The molecule has 1 aliphatic rings. The summed E-state index contributed by atoms with van der Waals surface area (Å²) in [5.41, 5.74) is 10.1. The van der Waals surface area contributed by atoms with Gasteiger partial charge in [0.15, 0.2) is 0 Å². The second-order valence-corrected chi connectivity index (χ2v) is 6.58. The number of rotatable bonds is 2. The van der Waals surface area contributed by atoms with Gasteiger partial charge in [-0.25, -0.2) is 9.37 Å². The van der Waals surface area contributed by atoms with E-state index in [-0.39, 0.29) is 17.8 Å². The molecule has 0 unspecified atom stereocenters. The zero-order valence-electron chi connectivity index (χ0n) is 13.8. The SMILES string of the molecule is Cc1cc(N2C[C@@H](N)[C@H](c3cn(C)cn3)C2)c2cc(F)ccc2n1. The van der Waals surface area contributed by atoms with Crippen LogP contribution in [-0.4, -0.2) is 33.7 Å². The van der Waals surface area contributed by atoms with Crippen molar-refractivity contribution in [3.63, 3.8) is 0 Å². The Morgan fingerprint density at radius 2 is 2.08 bits per heavy atom. The van der Waals surface area contributed by atoms with Gasteiger partial charge in [-0.3, -0.25) is 4.98 Å². The minimum atomic E-state index is -0.251. The van der Waals surface area contributed by atoms with Crippen molar-refractivity contribution in [2.24, 2.45) is 12.8 Å². The summed E-state index contributed by atoms with van der Waals surface area (Å²) in [6, 6.07) is 6.74. The summed E-state index contributed by atoms with van der Waals surface area (Å²) in [5, 5.41) is 0.828. The monoisotopic (exact) mass is 325 g/mol. The third-order valence-electron chi connectivity index (χ3n) is 4.69.